The Morgan fingerprint density at radius 1 is 1.11 bits per heavy atom. The summed E-state index contributed by atoms with van der Waals surface area (Å²) >= 11 is 0. The van der Waals surface area contributed by atoms with E-state index in [9.17, 15) is 5.11 Å². The molecule has 0 aliphatic heterocycles. The summed E-state index contributed by atoms with van der Waals surface area (Å²) in [4.78, 5) is 0. The van der Waals surface area contributed by atoms with E-state index in [0.717, 1.165) is 0 Å². The smallest absolute Gasteiger partial charge is 1.00 e. The van der Waals surface area contributed by atoms with E-state index in [1.807, 2.05) is 13.8 Å². The first kappa shape index (κ1) is 31.2. The van der Waals surface area contributed by atoms with Crippen LogP contribution < -0.4 is 42.3 Å². The standard InChI is InChI=1S/C4H9O.3ClH.Ti/c1-4(2)3-5;;;;/h4H,3H2,1-2H3;3*1H;/q-1;;;;+4/p-3. The maximum Gasteiger partial charge on any atom is 4.00 e. The van der Waals surface area contributed by atoms with Gasteiger partial charge in [0.2, 0.25) is 0 Å². The summed E-state index contributed by atoms with van der Waals surface area (Å²) in [6.07, 6.45) is 0. The fourth-order valence-corrected chi connectivity index (χ4v) is 0. The first-order valence-electron chi connectivity index (χ1n) is 1.85. The molecular weight excluding hydrogens is 218 g/mol. The van der Waals surface area contributed by atoms with Crippen molar-refractivity contribution in [3.8, 4) is 0 Å². The zero-order valence-electron chi connectivity index (χ0n) is 5.33. The van der Waals surface area contributed by atoms with Gasteiger partial charge in [-0.25, -0.2) is 0 Å². The average Bonchev–Trinajstić information content (AvgIpc) is 1.38. The molecule has 9 heavy (non-hydrogen) atoms. The van der Waals surface area contributed by atoms with E-state index in [4.69, 9.17) is 0 Å². The van der Waals surface area contributed by atoms with Crippen LogP contribution in [0.4, 0.5) is 0 Å². The van der Waals surface area contributed by atoms with Gasteiger partial charge >= 0.3 is 21.7 Å². The minimum absolute atomic E-state index is 0. The van der Waals surface area contributed by atoms with Crippen molar-refractivity contribution in [3.05, 3.63) is 0 Å². The third-order valence-electron chi connectivity index (χ3n) is 0.333. The van der Waals surface area contributed by atoms with Crippen molar-refractivity contribution in [2.24, 2.45) is 5.92 Å². The van der Waals surface area contributed by atoms with Crippen molar-refractivity contribution >= 4 is 0 Å². The van der Waals surface area contributed by atoms with Crippen LogP contribution in [0.1, 0.15) is 13.8 Å². The molecule has 0 atom stereocenters. The Balaban J connectivity index is -0.0000000133. The van der Waals surface area contributed by atoms with E-state index in [-0.39, 0.29) is 65.5 Å². The van der Waals surface area contributed by atoms with Gasteiger partial charge in [-0.15, -0.1) is 6.61 Å². The molecule has 0 fully saturated rings. The molecule has 5 heteroatoms. The van der Waals surface area contributed by atoms with Crippen LogP contribution in [0.2, 0.25) is 0 Å². The third kappa shape index (κ3) is 43.2. The molecule has 1 nitrogen and oxygen atoms in total. The van der Waals surface area contributed by atoms with Crippen molar-refractivity contribution in [2.75, 3.05) is 6.61 Å². The zero-order chi connectivity index (χ0) is 4.28. The fraction of sp³-hybridized carbons (Fsp3) is 1.00. The Morgan fingerprint density at radius 3 is 1.22 bits per heavy atom. The second-order valence-electron chi connectivity index (χ2n) is 1.56. The fourth-order valence-electron chi connectivity index (χ4n) is 0. The normalized spacial score (nSPS) is 5.33. The van der Waals surface area contributed by atoms with Gasteiger partial charge in [-0.2, -0.15) is 0 Å². The largest absolute Gasteiger partial charge is 4.00 e. The number of halogens is 3. The molecular formula is C4H9Cl3OTi. The van der Waals surface area contributed by atoms with Gasteiger partial charge in [0.05, 0.1) is 0 Å². The van der Waals surface area contributed by atoms with Gasteiger partial charge in [0, 0.05) is 0 Å². The number of hydrogen-bond donors (Lipinski definition) is 0. The minimum atomic E-state index is 0. The van der Waals surface area contributed by atoms with Gasteiger partial charge in [0.25, 0.3) is 0 Å². The Kier molecular flexibility index (Phi) is 78.7. The molecule has 0 amide bonds. The van der Waals surface area contributed by atoms with Crippen LogP contribution in [0.25, 0.3) is 0 Å². The van der Waals surface area contributed by atoms with Gasteiger partial charge in [-0.3, -0.25) is 0 Å². The van der Waals surface area contributed by atoms with Crippen molar-refractivity contribution in [1.29, 1.82) is 0 Å². The van der Waals surface area contributed by atoms with Crippen molar-refractivity contribution in [1.82, 2.24) is 0 Å². The number of rotatable bonds is 1. The summed E-state index contributed by atoms with van der Waals surface area (Å²) in [5, 5.41) is 9.63. The average molecular weight is 227 g/mol. The molecule has 0 aromatic heterocycles. The van der Waals surface area contributed by atoms with Crippen LogP contribution in [0.15, 0.2) is 0 Å². The maximum atomic E-state index is 9.63. The molecule has 0 radical (unpaired) electrons. The predicted molar refractivity (Wildman–Crippen MR) is 19.7 cm³/mol. The van der Waals surface area contributed by atoms with Crippen LogP contribution >= 0.6 is 0 Å². The monoisotopic (exact) mass is 226 g/mol. The van der Waals surface area contributed by atoms with Gasteiger partial charge in [-0.05, 0) is 0 Å². The van der Waals surface area contributed by atoms with Gasteiger partial charge in [0.15, 0.2) is 0 Å². The minimum Gasteiger partial charge on any atom is -1.00 e. The Bertz CT molecular complexity index is 29.8. The first-order chi connectivity index (χ1) is 2.27. The van der Waals surface area contributed by atoms with E-state index < -0.39 is 0 Å². The molecule has 0 unspecified atom stereocenters. The Morgan fingerprint density at radius 2 is 1.22 bits per heavy atom. The SMILES string of the molecule is CC(C)C[O-].[Cl-].[Cl-].[Cl-].[Ti+4]. The Hall–Kier alpha value is 1.54. The van der Waals surface area contributed by atoms with Gasteiger partial charge in [-0.1, -0.05) is 19.8 Å². The molecule has 0 bridgehead atoms. The van der Waals surface area contributed by atoms with Gasteiger partial charge in [0.1, 0.15) is 0 Å². The molecule has 0 heterocycles. The molecule has 56 valence electrons. The summed E-state index contributed by atoms with van der Waals surface area (Å²) < 4.78 is 0. The topological polar surface area (TPSA) is 23.1 Å². The molecule has 0 aromatic rings. The van der Waals surface area contributed by atoms with Crippen LogP contribution in [0, 0.1) is 5.92 Å². The predicted octanol–water partition coefficient (Wildman–Crippen LogP) is -8.99. The van der Waals surface area contributed by atoms with Gasteiger partial charge < -0.3 is 42.3 Å². The molecule has 0 rings (SSSR count). The summed E-state index contributed by atoms with van der Waals surface area (Å²) in [7, 11) is 0. The molecule has 0 spiro atoms. The van der Waals surface area contributed by atoms with E-state index in [1.165, 1.54) is 0 Å². The summed E-state index contributed by atoms with van der Waals surface area (Å²) in [5.74, 6) is 0.329. The quantitative estimate of drug-likeness (QED) is 0.408. The van der Waals surface area contributed by atoms with E-state index in [0.29, 0.717) is 5.92 Å². The molecule has 0 aromatic carbocycles. The van der Waals surface area contributed by atoms with E-state index >= 15 is 0 Å². The molecule has 0 aliphatic rings. The van der Waals surface area contributed by atoms with Crippen LogP contribution in [0.3, 0.4) is 0 Å². The summed E-state index contributed by atoms with van der Waals surface area (Å²) in [6.45, 7) is 3.88. The third-order valence-corrected chi connectivity index (χ3v) is 0.333. The summed E-state index contributed by atoms with van der Waals surface area (Å²) in [6, 6.07) is 0. The van der Waals surface area contributed by atoms with Crippen LogP contribution in [-0.2, 0) is 21.7 Å². The number of hydrogen-bond acceptors (Lipinski definition) is 1. The molecule has 0 saturated heterocycles. The van der Waals surface area contributed by atoms with Crippen LogP contribution in [-0.4, -0.2) is 6.61 Å². The van der Waals surface area contributed by atoms with Crippen LogP contribution in [0.5, 0.6) is 0 Å². The molecule has 0 N–H and O–H groups in total. The van der Waals surface area contributed by atoms with Crippen molar-refractivity contribution in [2.45, 2.75) is 13.8 Å². The second kappa shape index (κ2) is 22.7. The first-order valence-corrected chi connectivity index (χ1v) is 1.85. The van der Waals surface area contributed by atoms with E-state index in [2.05, 4.69) is 0 Å². The molecule has 0 saturated carbocycles. The second-order valence-corrected chi connectivity index (χ2v) is 1.56. The summed E-state index contributed by atoms with van der Waals surface area (Å²) in [5.41, 5.74) is 0. The van der Waals surface area contributed by atoms with Crippen molar-refractivity contribution < 1.29 is 64.0 Å². The maximum absolute atomic E-state index is 9.63. The van der Waals surface area contributed by atoms with Crippen molar-refractivity contribution in [3.63, 3.8) is 0 Å². The Labute approximate surface area is 90.1 Å². The van der Waals surface area contributed by atoms with E-state index in [1.54, 1.807) is 0 Å². The zero-order valence-corrected chi connectivity index (χ0v) is 9.16. The molecule has 0 aliphatic carbocycles.